The topological polar surface area (TPSA) is 144 Å². The Bertz CT molecular complexity index is 1760. The fraction of sp³-hybridized carbons (Fsp3) is 0.367. The molecule has 1 aliphatic heterocycles. The molecule has 3 atom stereocenters. The minimum absolute atomic E-state index is 0.116. The van der Waals surface area contributed by atoms with Crippen molar-refractivity contribution in [3.63, 3.8) is 0 Å². The molecule has 1 unspecified atom stereocenters. The van der Waals surface area contributed by atoms with Crippen molar-refractivity contribution in [1.82, 2.24) is 29.2 Å². The van der Waals surface area contributed by atoms with Crippen LogP contribution in [0, 0.1) is 5.92 Å². The Morgan fingerprint density at radius 3 is 2.65 bits per heavy atom. The van der Waals surface area contributed by atoms with Crippen LogP contribution in [0.1, 0.15) is 41.9 Å². The number of alkyl halides is 1. The van der Waals surface area contributed by atoms with Crippen molar-refractivity contribution >= 4 is 51.5 Å². The molecule has 0 spiro atoms. The number of Topliss-reactive ketones (excluding diaryl/α,β-unsaturated/α-hetero) is 2. The third kappa shape index (κ3) is 5.38. The van der Waals surface area contributed by atoms with Gasteiger partial charge in [-0.15, -0.1) is 0 Å². The standard InChI is InChI=1S/C30H31FN8O4/c1-16-6-22-25(9-27(16)41)37(3)36-29(22)35-30(43)26-7-18(31)12-39(26)28(42)14-38-13-23(17(2)40)21-8-19(4-5-24(21)38)34-20-10-32-15-33-11-20/h4-5,8,10-11,13,15-16,18,26,34H,6-7,9,12,14H2,1-3H3,(H,35,36,43)/t16?,18-,26+/m1/s1. The Hall–Kier alpha value is -4.94. The van der Waals surface area contributed by atoms with Crippen LogP contribution in [0.5, 0.6) is 0 Å². The zero-order valence-electron chi connectivity index (χ0n) is 24.0. The third-order valence-corrected chi connectivity index (χ3v) is 8.21. The van der Waals surface area contributed by atoms with Crippen LogP contribution in [-0.4, -0.2) is 71.4 Å². The molecule has 2 aliphatic rings. The van der Waals surface area contributed by atoms with Gasteiger partial charge in [0.2, 0.25) is 11.8 Å². The van der Waals surface area contributed by atoms with E-state index in [1.165, 1.54) is 18.2 Å². The van der Waals surface area contributed by atoms with E-state index in [4.69, 9.17) is 0 Å². The number of aromatic nitrogens is 5. The van der Waals surface area contributed by atoms with E-state index >= 15 is 0 Å². The second-order valence-corrected chi connectivity index (χ2v) is 11.2. The Labute approximate surface area is 246 Å². The number of rotatable bonds is 7. The van der Waals surface area contributed by atoms with Crippen molar-refractivity contribution in [1.29, 1.82) is 0 Å². The van der Waals surface area contributed by atoms with Gasteiger partial charge in [-0.05, 0) is 31.5 Å². The van der Waals surface area contributed by atoms with Crippen LogP contribution in [0.25, 0.3) is 10.9 Å². The summed E-state index contributed by atoms with van der Waals surface area (Å²) >= 11 is 0. The van der Waals surface area contributed by atoms with E-state index in [1.54, 1.807) is 41.0 Å². The maximum Gasteiger partial charge on any atom is 0.248 e. The number of anilines is 3. The van der Waals surface area contributed by atoms with E-state index in [1.807, 2.05) is 19.1 Å². The van der Waals surface area contributed by atoms with Crippen molar-refractivity contribution in [3.05, 3.63) is 59.9 Å². The maximum atomic E-state index is 14.7. The van der Waals surface area contributed by atoms with Crippen molar-refractivity contribution < 1.29 is 23.6 Å². The SMILES string of the molecule is CC(=O)c1cn(CC(=O)N2C[C@H](F)C[C@H]2C(=O)Nc2nn(C)c3c2CC(C)C(=O)C3)c2ccc(Nc3cncnc3)cc12. The van der Waals surface area contributed by atoms with E-state index in [2.05, 4.69) is 25.7 Å². The van der Waals surface area contributed by atoms with Gasteiger partial charge in [-0.3, -0.25) is 23.9 Å². The van der Waals surface area contributed by atoms with Gasteiger partial charge in [0.1, 0.15) is 30.9 Å². The highest BCUT2D eigenvalue weighted by Crippen LogP contribution is 2.31. The molecule has 1 fully saturated rings. The lowest BCUT2D eigenvalue weighted by Crippen LogP contribution is -2.44. The fourth-order valence-electron chi connectivity index (χ4n) is 5.96. The van der Waals surface area contributed by atoms with Crippen molar-refractivity contribution in [3.8, 4) is 0 Å². The largest absolute Gasteiger partial charge is 0.353 e. The quantitative estimate of drug-likeness (QED) is 0.315. The summed E-state index contributed by atoms with van der Waals surface area (Å²) in [5.74, 6) is -0.883. The summed E-state index contributed by atoms with van der Waals surface area (Å²) in [6, 6.07) is 4.39. The van der Waals surface area contributed by atoms with Gasteiger partial charge in [0, 0.05) is 59.7 Å². The summed E-state index contributed by atoms with van der Waals surface area (Å²) in [5, 5.41) is 11.0. The molecular formula is C30H31FN8O4. The first-order valence-electron chi connectivity index (χ1n) is 14.1. The van der Waals surface area contributed by atoms with Gasteiger partial charge in [-0.25, -0.2) is 14.4 Å². The summed E-state index contributed by atoms with van der Waals surface area (Å²) in [7, 11) is 1.71. The van der Waals surface area contributed by atoms with E-state index in [0.717, 1.165) is 11.3 Å². The Morgan fingerprint density at radius 2 is 1.91 bits per heavy atom. The average molecular weight is 587 g/mol. The molecule has 43 heavy (non-hydrogen) atoms. The highest BCUT2D eigenvalue weighted by Gasteiger charge is 2.41. The number of amides is 2. The molecule has 13 heteroatoms. The number of halogens is 1. The van der Waals surface area contributed by atoms with E-state index in [-0.39, 0.29) is 43.4 Å². The lowest BCUT2D eigenvalue weighted by Gasteiger charge is -2.24. The Balaban J connectivity index is 1.22. The zero-order chi connectivity index (χ0) is 30.4. The van der Waals surface area contributed by atoms with Gasteiger partial charge in [0.25, 0.3) is 0 Å². The summed E-state index contributed by atoms with van der Waals surface area (Å²) in [5.41, 5.74) is 4.00. The van der Waals surface area contributed by atoms with Crippen molar-refractivity contribution in [2.75, 3.05) is 17.2 Å². The molecule has 6 rings (SSSR count). The molecule has 1 aromatic carbocycles. The third-order valence-electron chi connectivity index (χ3n) is 8.21. The Kier molecular flexibility index (Phi) is 7.24. The number of hydrogen-bond donors (Lipinski definition) is 2. The lowest BCUT2D eigenvalue weighted by atomic mass is 9.87. The maximum absolute atomic E-state index is 14.7. The van der Waals surface area contributed by atoms with E-state index in [0.29, 0.717) is 40.1 Å². The second-order valence-electron chi connectivity index (χ2n) is 11.2. The molecule has 2 N–H and O–H groups in total. The van der Waals surface area contributed by atoms with Gasteiger partial charge in [-0.2, -0.15) is 5.10 Å². The normalized spacial score (nSPS) is 19.9. The number of carbonyl (C=O) groups is 4. The number of fused-ring (bicyclic) bond motifs is 2. The zero-order valence-corrected chi connectivity index (χ0v) is 24.0. The van der Waals surface area contributed by atoms with Gasteiger partial charge < -0.3 is 20.1 Å². The van der Waals surface area contributed by atoms with Crippen LogP contribution in [0.2, 0.25) is 0 Å². The smallest absolute Gasteiger partial charge is 0.248 e. The van der Waals surface area contributed by atoms with Crippen LogP contribution >= 0.6 is 0 Å². The molecule has 0 bridgehead atoms. The van der Waals surface area contributed by atoms with Crippen molar-refractivity contribution in [2.24, 2.45) is 13.0 Å². The number of benzene rings is 1. The molecule has 0 saturated carbocycles. The van der Waals surface area contributed by atoms with Crippen LogP contribution in [-0.2, 0) is 40.8 Å². The van der Waals surface area contributed by atoms with Crippen LogP contribution in [0.15, 0.2) is 43.1 Å². The highest BCUT2D eigenvalue weighted by atomic mass is 19.1. The molecule has 4 aromatic rings. The molecule has 2 amide bonds. The molecule has 4 heterocycles. The highest BCUT2D eigenvalue weighted by molar-refractivity contribution is 6.08. The molecule has 1 aliphatic carbocycles. The first-order valence-corrected chi connectivity index (χ1v) is 14.1. The molecule has 0 radical (unpaired) electrons. The minimum Gasteiger partial charge on any atom is -0.353 e. The average Bonchev–Trinajstić information content (AvgIpc) is 3.63. The number of nitrogens with one attached hydrogen (secondary N) is 2. The fourth-order valence-corrected chi connectivity index (χ4v) is 5.96. The summed E-state index contributed by atoms with van der Waals surface area (Å²) < 4.78 is 17.9. The minimum atomic E-state index is -1.36. The molecule has 3 aromatic heterocycles. The summed E-state index contributed by atoms with van der Waals surface area (Å²) in [4.78, 5) is 60.9. The first-order chi connectivity index (χ1) is 20.6. The summed E-state index contributed by atoms with van der Waals surface area (Å²) in [6.07, 6.45) is 5.48. The predicted octanol–water partition coefficient (Wildman–Crippen LogP) is 2.99. The Morgan fingerprint density at radius 1 is 1.14 bits per heavy atom. The van der Waals surface area contributed by atoms with Crippen LogP contribution in [0.3, 0.4) is 0 Å². The van der Waals surface area contributed by atoms with Gasteiger partial charge in [0.15, 0.2) is 11.6 Å². The van der Waals surface area contributed by atoms with Gasteiger partial charge >= 0.3 is 0 Å². The summed E-state index contributed by atoms with van der Waals surface area (Å²) in [6.45, 7) is 2.90. The second kappa shape index (κ2) is 11.0. The van der Waals surface area contributed by atoms with E-state index in [9.17, 15) is 23.6 Å². The van der Waals surface area contributed by atoms with Gasteiger partial charge in [-0.1, -0.05) is 6.92 Å². The lowest BCUT2D eigenvalue weighted by molar-refractivity contribution is -0.137. The van der Waals surface area contributed by atoms with Gasteiger partial charge in [0.05, 0.1) is 30.3 Å². The number of aryl methyl sites for hydroxylation is 1. The molecule has 1 saturated heterocycles. The molecule has 12 nitrogen and oxygen atoms in total. The van der Waals surface area contributed by atoms with Crippen LogP contribution < -0.4 is 10.6 Å². The monoisotopic (exact) mass is 586 g/mol. The van der Waals surface area contributed by atoms with Crippen molar-refractivity contribution in [2.45, 2.75) is 51.9 Å². The van der Waals surface area contributed by atoms with E-state index < -0.39 is 24.0 Å². The number of hydrogen-bond acceptors (Lipinski definition) is 8. The molecular weight excluding hydrogens is 555 g/mol. The number of nitrogens with zero attached hydrogens (tertiary/aromatic N) is 6. The number of likely N-dealkylation sites (tertiary alicyclic amines) is 1. The number of carbonyl (C=O) groups excluding carboxylic acids is 4. The van der Waals surface area contributed by atoms with Crippen LogP contribution in [0.4, 0.5) is 21.6 Å². The molecule has 222 valence electrons. The first kappa shape index (κ1) is 28.2. The number of ketones is 2. The predicted molar refractivity (Wildman–Crippen MR) is 156 cm³/mol.